The quantitative estimate of drug-likeness (QED) is 0.591. The number of hydrogen-bond acceptors (Lipinski definition) is 6. The third kappa shape index (κ3) is 1.30. The van der Waals surface area contributed by atoms with Crippen LogP contribution < -0.4 is 5.73 Å². The first-order valence-corrected chi connectivity index (χ1v) is 3.95. The summed E-state index contributed by atoms with van der Waals surface area (Å²) >= 11 is 0. The fraction of sp³-hybridized carbons (Fsp3) is 0.429. The molecule has 2 aliphatic rings. The third-order valence-corrected chi connectivity index (χ3v) is 1.62. The second-order valence-corrected chi connectivity index (χ2v) is 2.49. The van der Waals surface area contributed by atoms with Crippen LogP contribution >= 0.6 is 0 Å². The smallest absolute Gasteiger partial charge is 0.243 e. The third-order valence-electron chi connectivity index (χ3n) is 1.62. The number of nitrogens with zero attached hydrogens (tertiary/aromatic N) is 4. The van der Waals surface area contributed by atoms with Gasteiger partial charge in [0, 0.05) is 0 Å². The summed E-state index contributed by atoms with van der Waals surface area (Å²) in [6, 6.07) is 0. The van der Waals surface area contributed by atoms with E-state index in [9.17, 15) is 0 Å². The van der Waals surface area contributed by atoms with Gasteiger partial charge < -0.3 is 10.5 Å². The van der Waals surface area contributed by atoms with Gasteiger partial charge in [0.15, 0.2) is 11.9 Å². The summed E-state index contributed by atoms with van der Waals surface area (Å²) in [7, 11) is 0. The summed E-state index contributed by atoms with van der Waals surface area (Å²) < 4.78 is 5.25. The Balaban J connectivity index is 2.30. The molecule has 0 aliphatic carbocycles. The van der Waals surface area contributed by atoms with Crippen molar-refractivity contribution in [3.05, 3.63) is 0 Å². The van der Waals surface area contributed by atoms with Crippen molar-refractivity contribution in [2.75, 3.05) is 6.61 Å². The summed E-state index contributed by atoms with van der Waals surface area (Å²) in [5.74, 6) is 0.615. The molecule has 13 heavy (non-hydrogen) atoms. The second kappa shape index (κ2) is 2.96. The largest absolute Gasteiger partial charge is 0.476 e. The molecule has 1 atom stereocenters. The summed E-state index contributed by atoms with van der Waals surface area (Å²) in [5.41, 5.74) is 6.10. The van der Waals surface area contributed by atoms with Crippen molar-refractivity contribution >= 4 is 23.9 Å². The lowest BCUT2D eigenvalue weighted by molar-refractivity contribution is 0.333. The fourth-order valence-corrected chi connectivity index (χ4v) is 1.11. The maximum absolute atomic E-state index is 5.46. The highest BCUT2D eigenvalue weighted by atomic mass is 16.5. The Morgan fingerprint density at radius 3 is 3.23 bits per heavy atom. The highest BCUT2D eigenvalue weighted by Gasteiger charge is 2.27. The molecule has 0 radical (unpaired) electrons. The summed E-state index contributed by atoms with van der Waals surface area (Å²) in [6.07, 6.45) is 1.09. The first-order valence-electron chi connectivity index (χ1n) is 3.95. The van der Waals surface area contributed by atoms with Gasteiger partial charge in [-0.1, -0.05) is 0 Å². The van der Waals surface area contributed by atoms with Crippen LogP contribution in [0.1, 0.15) is 6.92 Å². The van der Waals surface area contributed by atoms with E-state index in [1.807, 2.05) is 6.92 Å². The molecule has 2 N–H and O–H groups in total. The summed E-state index contributed by atoms with van der Waals surface area (Å²) in [6.45, 7) is 2.40. The molecule has 0 amide bonds. The minimum absolute atomic E-state index is 0.187. The highest BCUT2D eigenvalue weighted by Crippen LogP contribution is 2.10. The van der Waals surface area contributed by atoms with Crippen LogP contribution in [0.25, 0.3) is 0 Å². The van der Waals surface area contributed by atoms with Crippen molar-refractivity contribution in [2.45, 2.75) is 13.1 Å². The molecule has 2 heterocycles. The molecule has 6 nitrogen and oxygen atoms in total. The Morgan fingerprint density at radius 2 is 2.46 bits per heavy atom. The fourth-order valence-electron chi connectivity index (χ4n) is 1.11. The van der Waals surface area contributed by atoms with Crippen LogP contribution in [0.4, 0.5) is 0 Å². The number of nitrogens with two attached hydrogens (primary N) is 1. The number of guanidine groups is 1. The number of rotatable bonds is 1. The molecule has 0 saturated heterocycles. The van der Waals surface area contributed by atoms with Gasteiger partial charge >= 0.3 is 0 Å². The van der Waals surface area contributed by atoms with Crippen LogP contribution in [0.15, 0.2) is 20.0 Å². The minimum atomic E-state index is -0.348. The number of fused-ring (bicyclic) bond motifs is 1. The van der Waals surface area contributed by atoms with Gasteiger partial charge in [0.1, 0.15) is 6.34 Å². The topological polar surface area (TPSA) is 84.7 Å². The predicted molar refractivity (Wildman–Crippen MR) is 50.4 cm³/mol. The van der Waals surface area contributed by atoms with Crippen LogP contribution in [0.5, 0.6) is 0 Å². The molecule has 2 aliphatic heterocycles. The maximum Gasteiger partial charge on any atom is 0.243 e. The average molecular weight is 179 g/mol. The van der Waals surface area contributed by atoms with E-state index in [1.165, 1.54) is 6.34 Å². The van der Waals surface area contributed by atoms with E-state index in [0.29, 0.717) is 18.2 Å². The van der Waals surface area contributed by atoms with E-state index in [1.54, 1.807) is 0 Å². The monoisotopic (exact) mass is 179 g/mol. The Bertz CT molecular complexity index is 341. The van der Waals surface area contributed by atoms with Gasteiger partial charge in [-0.2, -0.15) is 4.99 Å². The number of aliphatic imine (C=N–C) groups is 4. The van der Waals surface area contributed by atoms with Crippen LogP contribution in [0, 0.1) is 0 Å². The van der Waals surface area contributed by atoms with Crippen LogP contribution in [0.3, 0.4) is 0 Å². The first kappa shape index (κ1) is 7.90. The lowest BCUT2D eigenvalue weighted by Crippen LogP contribution is -2.33. The van der Waals surface area contributed by atoms with E-state index in [-0.39, 0.29) is 12.1 Å². The van der Waals surface area contributed by atoms with Crippen molar-refractivity contribution < 1.29 is 4.74 Å². The van der Waals surface area contributed by atoms with Gasteiger partial charge in [-0.15, -0.1) is 0 Å². The van der Waals surface area contributed by atoms with Crippen LogP contribution in [-0.4, -0.2) is 36.7 Å². The molecular formula is C7H9N5O. The lowest BCUT2D eigenvalue weighted by Gasteiger charge is -2.14. The molecular weight excluding hydrogens is 170 g/mol. The van der Waals surface area contributed by atoms with E-state index in [2.05, 4.69) is 20.0 Å². The van der Waals surface area contributed by atoms with Gasteiger partial charge in [0.05, 0.1) is 6.61 Å². The van der Waals surface area contributed by atoms with Crippen molar-refractivity contribution in [2.24, 2.45) is 25.7 Å². The van der Waals surface area contributed by atoms with Crippen molar-refractivity contribution in [3.63, 3.8) is 0 Å². The zero-order valence-corrected chi connectivity index (χ0v) is 7.14. The molecule has 2 rings (SSSR count). The Labute approximate surface area is 75.0 Å². The molecule has 6 heteroatoms. The first-order chi connectivity index (χ1) is 6.31. The molecule has 0 aromatic rings. The average Bonchev–Trinajstić information content (AvgIpc) is 2.52. The standard InChI is InChI=1S/C7H9N5O/c1-2-13-6-4-5(10-3-9-4)11-7(8)12-6/h3,5H,2H2,1H3,(H2,8,11)/t5-/m1/s1. The zero-order chi connectivity index (χ0) is 9.26. The second-order valence-electron chi connectivity index (χ2n) is 2.49. The van der Waals surface area contributed by atoms with Crippen molar-refractivity contribution in [3.8, 4) is 0 Å². The molecule has 0 aromatic carbocycles. The molecule has 0 fully saturated rings. The van der Waals surface area contributed by atoms with Gasteiger partial charge in [-0.3, -0.25) is 0 Å². The molecule has 0 bridgehead atoms. The van der Waals surface area contributed by atoms with E-state index >= 15 is 0 Å². The molecule has 68 valence electrons. The normalized spacial score (nSPS) is 24.7. The van der Waals surface area contributed by atoms with Crippen molar-refractivity contribution in [1.82, 2.24) is 0 Å². The molecule has 0 saturated carbocycles. The summed E-state index contributed by atoms with van der Waals surface area (Å²) in [4.78, 5) is 15.9. The van der Waals surface area contributed by atoms with Crippen molar-refractivity contribution in [1.29, 1.82) is 0 Å². The van der Waals surface area contributed by atoms with E-state index < -0.39 is 0 Å². The molecule has 0 aromatic heterocycles. The van der Waals surface area contributed by atoms with Gasteiger partial charge in [-0.05, 0) is 6.92 Å². The SMILES string of the molecule is CCOC1=NC(N)=N[C@H]2N=CN=C12. The van der Waals surface area contributed by atoms with Crippen LogP contribution in [-0.2, 0) is 4.74 Å². The molecule has 0 unspecified atom stereocenters. The van der Waals surface area contributed by atoms with E-state index in [4.69, 9.17) is 10.5 Å². The zero-order valence-electron chi connectivity index (χ0n) is 7.14. The van der Waals surface area contributed by atoms with E-state index in [0.717, 1.165) is 0 Å². The number of ether oxygens (including phenoxy) is 1. The van der Waals surface area contributed by atoms with Gasteiger partial charge in [0.25, 0.3) is 0 Å². The minimum Gasteiger partial charge on any atom is -0.476 e. The highest BCUT2D eigenvalue weighted by molar-refractivity contribution is 6.45. The Hall–Kier alpha value is -1.72. The van der Waals surface area contributed by atoms with Crippen LogP contribution in [0.2, 0.25) is 0 Å². The lowest BCUT2D eigenvalue weighted by atomic mass is 10.3. The molecule has 0 spiro atoms. The number of hydrogen-bond donors (Lipinski definition) is 1. The van der Waals surface area contributed by atoms with Gasteiger partial charge in [0.2, 0.25) is 11.9 Å². The summed E-state index contributed by atoms with van der Waals surface area (Å²) in [5, 5.41) is 0. The van der Waals surface area contributed by atoms with Gasteiger partial charge in [-0.25, -0.2) is 15.0 Å². The Kier molecular flexibility index (Phi) is 1.80. The maximum atomic E-state index is 5.46. The predicted octanol–water partition coefficient (Wildman–Crippen LogP) is -0.441. The Morgan fingerprint density at radius 1 is 1.62 bits per heavy atom.